The lowest BCUT2D eigenvalue weighted by Gasteiger charge is -2.02. The van der Waals surface area contributed by atoms with E-state index in [1.807, 2.05) is 24.3 Å². The summed E-state index contributed by atoms with van der Waals surface area (Å²) in [5.41, 5.74) is 3.60. The molecule has 0 saturated carbocycles. The first kappa shape index (κ1) is 17.5. The molecule has 8 heteroatoms. The van der Waals surface area contributed by atoms with Crippen LogP contribution < -0.4 is 11.0 Å². The lowest BCUT2D eigenvalue weighted by molar-refractivity contribution is -0.129. The highest BCUT2D eigenvalue weighted by Crippen LogP contribution is 2.23. The van der Waals surface area contributed by atoms with Gasteiger partial charge in [-0.1, -0.05) is 42.8 Å². The van der Waals surface area contributed by atoms with Crippen molar-refractivity contribution in [1.29, 1.82) is 0 Å². The van der Waals surface area contributed by atoms with E-state index in [2.05, 4.69) is 15.0 Å². The molecule has 0 bridgehead atoms. The number of thioether (sulfide) groups is 1. The molecule has 25 heavy (non-hydrogen) atoms. The van der Waals surface area contributed by atoms with E-state index in [1.165, 1.54) is 11.8 Å². The lowest BCUT2D eigenvalue weighted by Crippen LogP contribution is -2.17. The molecule has 2 heterocycles. The summed E-state index contributed by atoms with van der Waals surface area (Å²) in [4.78, 5) is 33.6. The number of nitrogens with one attached hydrogen (secondary N) is 3. The zero-order valence-corrected chi connectivity index (χ0v) is 14.5. The topological polar surface area (TPSA) is 111 Å². The second-order valence-corrected chi connectivity index (χ2v) is 6.90. The largest absolute Gasteiger partial charge is 0.349 e. The first-order valence-electron chi connectivity index (χ1n) is 8.25. The van der Waals surface area contributed by atoms with E-state index in [4.69, 9.17) is 5.21 Å². The molecular formula is C17H20N4O3S. The van der Waals surface area contributed by atoms with Crippen molar-refractivity contribution in [2.24, 2.45) is 0 Å². The first-order valence-corrected chi connectivity index (χ1v) is 9.24. The Hall–Kier alpha value is -2.32. The molecule has 3 aromatic rings. The maximum absolute atomic E-state index is 12.2. The van der Waals surface area contributed by atoms with Gasteiger partial charge < -0.3 is 4.98 Å². The Morgan fingerprint density at radius 2 is 1.96 bits per heavy atom. The van der Waals surface area contributed by atoms with Gasteiger partial charge in [0.1, 0.15) is 11.0 Å². The molecule has 1 amide bonds. The Morgan fingerprint density at radius 3 is 2.80 bits per heavy atom. The Bertz CT molecular complexity index is 934. The highest BCUT2D eigenvalue weighted by atomic mass is 32.2. The number of hydrogen-bond donors (Lipinski definition) is 4. The highest BCUT2D eigenvalue weighted by Gasteiger charge is 2.10. The molecule has 0 unspecified atom stereocenters. The molecule has 132 valence electrons. The summed E-state index contributed by atoms with van der Waals surface area (Å²) in [7, 11) is 0. The summed E-state index contributed by atoms with van der Waals surface area (Å²) >= 11 is 1.53. The fourth-order valence-corrected chi connectivity index (χ4v) is 3.59. The maximum atomic E-state index is 12.2. The van der Waals surface area contributed by atoms with E-state index in [1.54, 1.807) is 5.48 Å². The van der Waals surface area contributed by atoms with E-state index in [0.29, 0.717) is 22.6 Å². The van der Waals surface area contributed by atoms with Gasteiger partial charge in [0.25, 0.3) is 5.56 Å². The third-order valence-electron chi connectivity index (χ3n) is 4.00. The highest BCUT2D eigenvalue weighted by molar-refractivity contribution is 7.99. The number of carbonyl (C=O) groups is 1. The van der Waals surface area contributed by atoms with Gasteiger partial charge in [0.15, 0.2) is 5.16 Å². The third-order valence-corrected chi connectivity index (χ3v) is 4.96. The average molecular weight is 360 g/mol. The molecule has 0 atom stereocenters. The molecule has 1 aromatic carbocycles. The monoisotopic (exact) mass is 360 g/mol. The molecule has 0 aliphatic heterocycles. The molecule has 4 N–H and O–H groups in total. The van der Waals surface area contributed by atoms with Gasteiger partial charge in [-0.3, -0.25) is 19.8 Å². The van der Waals surface area contributed by atoms with Crippen LogP contribution in [0.15, 0.2) is 34.2 Å². The van der Waals surface area contributed by atoms with Gasteiger partial charge in [0.2, 0.25) is 5.91 Å². The summed E-state index contributed by atoms with van der Waals surface area (Å²) in [6, 6.07) is 7.74. The number of unbranched alkanes of at least 4 members (excludes halogenated alkanes) is 3. The van der Waals surface area contributed by atoms with Crippen LogP contribution in [0.4, 0.5) is 0 Å². The smallest absolute Gasteiger partial charge is 0.275 e. The fourth-order valence-electron chi connectivity index (χ4n) is 2.73. The number of hydroxylamine groups is 1. The number of carbonyl (C=O) groups excluding carboxylic acids is 1. The molecule has 0 spiro atoms. The zero-order valence-electron chi connectivity index (χ0n) is 13.7. The molecule has 0 aliphatic carbocycles. The predicted molar refractivity (Wildman–Crippen MR) is 98.0 cm³/mol. The molecule has 7 nitrogen and oxygen atoms in total. The van der Waals surface area contributed by atoms with Crippen molar-refractivity contribution in [3.05, 3.63) is 34.6 Å². The maximum Gasteiger partial charge on any atom is 0.275 e. The fraction of sp³-hybridized carbons (Fsp3) is 0.353. The standard InChI is InChI=1S/C17H20N4O3S/c22-13(21-24)9-3-1-2-6-10-25-17-19-14-11-7-4-5-8-12(11)18-15(14)16(23)20-17/h4-5,7-8,18,24H,1-3,6,9-10H2,(H,21,22)(H,19,20,23). The number of benzene rings is 1. The SMILES string of the molecule is O=C(CCCCCCSc1nc2c([nH]c3ccccc32)c(=O)[nH]1)NO. The third kappa shape index (κ3) is 4.21. The number of amides is 1. The molecule has 0 saturated heterocycles. The van der Waals surface area contributed by atoms with E-state index >= 15 is 0 Å². The summed E-state index contributed by atoms with van der Waals surface area (Å²) in [5.74, 6) is 0.506. The van der Waals surface area contributed by atoms with Gasteiger partial charge in [-0.05, 0) is 18.9 Å². The van der Waals surface area contributed by atoms with Crippen molar-refractivity contribution >= 4 is 39.6 Å². The number of para-hydroxylation sites is 1. The summed E-state index contributed by atoms with van der Waals surface area (Å²) in [6.45, 7) is 0. The van der Waals surface area contributed by atoms with Crippen LogP contribution >= 0.6 is 11.8 Å². The van der Waals surface area contributed by atoms with Crippen LogP contribution in [0.5, 0.6) is 0 Å². The minimum absolute atomic E-state index is 0.154. The van der Waals surface area contributed by atoms with Gasteiger partial charge in [-0.15, -0.1) is 0 Å². The minimum Gasteiger partial charge on any atom is -0.349 e. The van der Waals surface area contributed by atoms with Crippen LogP contribution in [-0.2, 0) is 4.79 Å². The van der Waals surface area contributed by atoms with Gasteiger partial charge in [-0.25, -0.2) is 10.5 Å². The Labute approximate surface area is 148 Å². The van der Waals surface area contributed by atoms with Gasteiger partial charge >= 0.3 is 0 Å². The molecule has 2 aromatic heterocycles. The van der Waals surface area contributed by atoms with E-state index in [0.717, 1.165) is 42.3 Å². The van der Waals surface area contributed by atoms with Crippen LogP contribution in [0.25, 0.3) is 21.9 Å². The van der Waals surface area contributed by atoms with E-state index < -0.39 is 0 Å². The summed E-state index contributed by atoms with van der Waals surface area (Å²) in [5, 5.41) is 9.99. The van der Waals surface area contributed by atoms with Crippen LogP contribution in [0, 0.1) is 0 Å². The van der Waals surface area contributed by atoms with Gasteiger partial charge in [0, 0.05) is 23.1 Å². The Balaban J connectivity index is 1.56. The van der Waals surface area contributed by atoms with Crippen molar-refractivity contribution in [2.75, 3.05) is 5.75 Å². The van der Waals surface area contributed by atoms with Crippen LogP contribution in [0.3, 0.4) is 0 Å². The normalized spacial score (nSPS) is 11.2. The van der Waals surface area contributed by atoms with E-state index in [-0.39, 0.29) is 11.5 Å². The zero-order chi connectivity index (χ0) is 17.6. The predicted octanol–water partition coefficient (Wildman–Crippen LogP) is 2.95. The molecular weight excluding hydrogens is 340 g/mol. The number of H-pyrrole nitrogens is 2. The van der Waals surface area contributed by atoms with Crippen molar-refractivity contribution < 1.29 is 10.0 Å². The molecule has 0 aliphatic rings. The van der Waals surface area contributed by atoms with Crippen molar-refractivity contribution in [3.8, 4) is 0 Å². The molecule has 3 rings (SSSR count). The Morgan fingerprint density at radius 1 is 1.16 bits per heavy atom. The van der Waals surface area contributed by atoms with Crippen molar-refractivity contribution in [2.45, 2.75) is 37.3 Å². The minimum atomic E-state index is -0.344. The number of rotatable bonds is 8. The number of aromatic nitrogens is 3. The molecule has 0 fully saturated rings. The van der Waals surface area contributed by atoms with Gasteiger partial charge in [-0.2, -0.15) is 0 Å². The number of fused-ring (bicyclic) bond motifs is 3. The van der Waals surface area contributed by atoms with Crippen molar-refractivity contribution in [1.82, 2.24) is 20.4 Å². The van der Waals surface area contributed by atoms with E-state index in [9.17, 15) is 9.59 Å². The number of aromatic amines is 2. The quantitative estimate of drug-likeness (QED) is 0.162. The number of hydrogen-bond acceptors (Lipinski definition) is 5. The van der Waals surface area contributed by atoms with Crippen molar-refractivity contribution in [3.63, 3.8) is 0 Å². The van der Waals surface area contributed by atoms with Crippen LogP contribution in [-0.4, -0.2) is 31.8 Å². The van der Waals surface area contributed by atoms with Crippen LogP contribution in [0.2, 0.25) is 0 Å². The average Bonchev–Trinajstić information content (AvgIpc) is 3.00. The first-order chi connectivity index (χ1) is 12.2. The second kappa shape index (κ2) is 8.17. The summed E-state index contributed by atoms with van der Waals surface area (Å²) < 4.78 is 0. The van der Waals surface area contributed by atoms with Crippen LogP contribution in [0.1, 0.15) is 32.1 Å². The Kier molecular flexibility index (Phi) is 5.72. The van der Waals surface area contributed by atoms with Gasteiger partial charge in [0.05, 0.1) is 0 Å². The molecule has 0 radical (unpaired) electrons. The lowest BCUT2D eigenvalue weighted by atomic mass is 10.1. The summed E-state index contributed by atoms with van der Waals surface area (Å²) in [6.07, 6.45) is 3.99. The number of nitrogens with zero attached hydrogens (tertiary/aromatic N) is 1. The second-order valence-electron chi connectivity index (χ2n) is 5.81.